The number of hydrazone groups is 1. The summed E-state index contributed by atoms with van der Waals surface area (Å²) in [6, 6.07) is 8.97. The molecule has 0 aliphatic carbocycles. The van der Waals surface area contributed by atoms with Gasteiger partial charge in [0.15, 0.2) is 0 Å². The van der Waals surface area contributed by atoms with Crippen LogP contribution >= 0.6 is 11.8 Å². The summed E-state index contributed by atoms with van der Waals surface area (Å²) in [4.78, 5) is 23.5. The fourth-order valence-corrected chi connectivity index (χ4v) is 2.57. The van der Waals surface area contributed by atoms with Gasteiger partial charge in [-0.2, -0.15) is 5.10 Å². The number of thioether (sulfide) groups is 1. The minimum Gasteiger partial charge on any atom is -0.332 e. The van der Waals surface area contributed by atoms with Crippen LogP contribution in [0.5, 0.6) is 0 Å². The van der Waals surface area contributed by atoms with Crippen molar-refractivity contribution in [3.63, 3.8) is 0 Å². The lowest BCUT2D eigenvalue weighted by atomic mass is 10.1. The van der Waals surface area contributed by atoms with Crippen LogP contribution in [0.25, 0.3) is 0 Å². The zero-order valence-corrected chi connectivity index (χ0v) is 16.2. The maximum atomic E-state index is 11.9. The SMILES string of the molecule is C/C(CCNCCSC(=O)c1ccccc1)=N\NC(=O)NC(C)(C)C. The molecule has 0 saturated heterocycles. The van der Waals surface area contributed by atoms with Crippen molar-refractivity contribution >= 4 is 28.6 Å². The number of hydrogen-bond acceptors (Lipinski definition) is 5. The van der Waals surface area contributed by atoms with Gasteiger partial charge in [0.2, 0.25) is 5.12 Å². The van der Waals surface area contributed by atoms with Crippen LogP contribution in [0.4, 0.5) is 4.79 Å². The molecule has 1 aromatic carbocycles. The number of carbonyl (C=O) groups excluding carboxylic acids is 2. The van der Waals surface area contributed by atoms with Crippen LogP contribution in [0, 0.1) is 0 Å². The van der Waals surface area contributed by atoms with Crippen LogP contribution in [0.15, 0.2) is 35.4 Å². The summed E-state index contributed by atoms with van der Waals surface area (Å²) >= 11 is 1.31. The van der Waals surface area contributed by atoms with Crippen molar-refractivity contribution in [1.82, 2.24) is 16.1 Å². The number of nitrogens with zero attached hydrogens (tertiary/aromatic N) is 1. The molecule has 0 aliphatic rings. The molecule has 1 aromatic rings. The van der Waals surface area contributed by atoms with Crippen LogP contribution in [0.1, 0.15) is 44.5 Å². The molecule has 0 fully saturated rings. The first-order valence-corrected chi connectivity index (χ1v) is 9.31. The molecule has 3 N–H and O–H groups in total. The molecule has 0 spiro atoms. The van der Waals surface area contributed by atoms with Gasteiger partial charge in [-0.15, -0.1) is 0 Å². The van der Waals surface area contributed by atoms with Crippen molar-refractivity contribution in [3.05, 3.63) is 35.9 Å². The quantitative estimate of drug-likeness (QED) is 0.376. The van der Waals surface area contributed by atoms with Crippen molar-refractivity contribution in [2.45, 2.75) is 39.7 Å². The van der Waals surface area contributed by atoms with Crippen LogP contribution in [0.2, 0.25) is 0 Å². The highest BCUT2D eigenvalue weighted by molar-refractivity contribution is 8.14. The Hall–Kier alpha value is -1.86. The minimum atomic E-state index is -0.310. The summed E-state index contributed by atoms with van der Waals surface area (Å²) in [6.45, 7) is 9.09. The lowest BCUT2D eigenvalue weighted by Crippen LogP contribution is -2.45. The predicted molar refractivity (Wildman–Crippen MR) is 105 cm³/mol. The van der Waals surface area contributed by atoms with Gasteiger partial charge in [0.05, 0.1) is 0 Å². The van der Waals surface area contributed by atoms with E-state index >= 15 is 0 Å². The molecule has 0 unspecified atom stereocenters. The number of urea groups is 1. The van der Waals surface area contributed by atoms with Gasteiger partial charge < -0.3 is 10.6 Å². The number of carbonyl (C=O) groups is 2. The van der Waals surface area contributed by atoms with E-state index in [2.05, 4.69) is 21.2 Å². The van der Waals surface area contributed by atoms with Crippen LogP contribution in [0.3, 0.4) is 0 Å². The molecule has 1 rings (SSSR count). The van der Waals surface area contributed by atoms with Gasteiger partial charge >= 0.3 is 6.03 Å². The van der Waals surface area contributed by atoms with Gasteiger partial charge in [-0.1, -0.05) is 42.1 Å². The van der Waals surface area contributed by atoms with Crippen molar-refractivity contribution in [1.29, 1.82) is 0 Å². The molecule has 6 nitrogen and oxygen atoms in total. The highest BCUT2D eigenvalue weighted by Gasteiger charge is 2.12. The second-order valence-electron chi connectivity index (χ2n) is 6.66. The van der Waals surface area contributed by atoms with E-state index in [-0.39, 0.29) is 16.7 Å². The standard InChI is InChI=1S/C18H28N4O2S/c1-14(21-22-17(24)20-18(2,3)4)10-11-19-12-13-25-16(23)15-8-6-5-7-9-15/h5-9,19H,10-13H2,1-4H3,(H2,20,22,24)/b21-14+. The molecule has 7 heteroatoms. The van der Waals surface area contributed by atoms with Crippen molar-refractivity contribution in [3.8, 4) is 0 Å². The van der Waals surface area contributed by atoms with Gasteiger partial charge in [0.1, 0.15) is 0 Å². The number of rotatable bonds is 8. The predicted octanol–water partition coefficient (Wildman–Crippen LogP) is 3.01. The third kappa shape index (κ3) is 10.6. The van der Waals surface area contributed by atoms with E-state index in [0.717, 1.165) is 36.5 Å². The van der Waals surface area contributed by atoms with Gasteiger partial charge in [-0.05, 0) is 34.1 Å². The Morgan fingerprint density at radius 1 is 1.12 bits per heavy atom. The van der Waals surface area contributed by atoms with Gasteiger partial charge in [0.25, 0.3) is 0 Å². The Morgan fingerprint density at radius 2 is 1.80 bits per heavy atom. The molecule has 0 aliphatic heterocycles. The van der Waals surface area contributed by atoms with E-state index < -0.39 is 0 Å². The topological polar surface area (TPSA) is 82.6 Å². The van der Waals surface area contributed by atoms with Crippen LogP contribution in [-0.4, -0.2) is 41.2 Å². The number of nitrogens with one attached hydrogen (secondary N) is 3. The summed E-state index contributed by atoms with van der Waals surface area (Å²) in [5, 5.41) is 10.2. The average molecular weight is 365 g/mol. The van der Waals surface area contributed by atoms with Crippen LogP contribution < -0.4 is 16.1 Å². The van der Waals surface area contributed by atoms with Crippen LogP contribution in [-0.2, 0) is 0 Å². The summed E-state index contributed by atoms with van der Waals surface area (Å²) in [7, 11) is 0. The Kier molecular flexibility index (Phi) is 9.23. The lowest BCUT2D eigenvalue weighted by molar-refractivity contribution is 0.108. The fourth-order valence-electron chi connectivity index (χ4n) is 1.84. The molecule has 0 aromatic heterocycles. The second kappa shape index (κ2) is 10.9. The van der Waals surface area contributed by atoms with E-state index in [1.807, 2.05) is 58.0 Å². The largest absolute Gasteiger partial charge is 0.335 e. The Bertz CT molecular complexity index is 582. The highest BCUT2D eigenvalue weighted by atomic mass is 32.2. The zero-order valence-electron chi connectivity index (χ0n) is 15.4. The molecule has 2 amide bonds. The molecule has 25 heavy (non-hydrogen) atoms. The fraction of sp³-hybridized carbons (Fsp3) is 0.500. The second-order valence-corrected chi connectivity index (χ2v) is 7.73. The summed E-state index contributed by atoms with van der Waals surface area (Å²) in [6.07, 6.45) is 0.729. The summed E-state index contributed by atoms with van der Waals surface area (Å²) in [5.41, 5.74) is 3.77. The Morgan fingerprint density at radius 3 is 2.44 bits per heavy atom. The first-order valence-electron chi connectivity index (χ1n) is 8.32. The molecule has 0 radical (unpaired) electrons. The van der Waals surface area contributed by atoms with Gasteiger partial charge in [-0.3, -0.25) is 4.79 Å². The minimum absolute atomic E-state index is 0.0919. The molecule has 0 heterocycles. The van der Waals surface area contributed by atoms with Gasteiger partial charge in [-0.25, -0.2) is 10.2 Å². The van der Waals surface area contributed by atoms with E-state index in [9.17, 15) is 9.59 Å². The molecular formula is C18H28N4O2S. The first kappa shape index (κ1) is 21.2. The highest BCUT2D eigenvalue weighted by Crippen LogP contribution is 2.11. The molecule has 138 valence electrons. The van der Waals surface area contributed by atoms with E-state index in [4.69, 9.17) is 0 Å². The third-order valence-corrected chi connectivity index (χ3v) is 3.93. The normalized spacial score (nSPS) is 11.9. The third-order valence-electron chi connectivity index (χ3n) is 3.02. The Labute approximate surface area is 154 Å². The Balaban J connectivity index is 2.11. The van der Waals surface area contributed by atoms with Crippen molar-refractivity contribution < 1.29 is 9.59 Å². The van der Waals surface area contributed by atoms with E-state index in [1.54, 1.807) is 0 Å². The number of hydrogen-bond donors (Lipinski definition) is 3. The average Bonchev–Trinajstić information content (AvgIpc) is 2.55. The zero-order chi connectivity index (χ0) is 18.7. The first-order chi connectivity index (χ1) is 11.8. The van der Waals surface area contributed by atoms with Crippen molar-refractivity contribution in [2.75, 3.05) is 18.8 Å². The lowest BCUT2D eigenvalue weighted by Gasteiger charge is -2.19. The van der Waals surface area contributed by atoms with E-state index in [0.29, 0.717) is 0 Å². The molecular weight excluding hydrogens is 336 g/mol. The number of benzene rings is 1. The number of amides is 2. The maximum Gasteiger partial charge on any atom is 0.335 e. The monoisotopic (exact) mass is 364 g/mol. The summed E-state index contributed by atoms with van der Waals surface area (Å²) < 4.78 is 0. The molecule has 0 atom stereocenters. The molecule has 0 bridgehead atoms. The maximum absolute atomic E-state index is 11.9. The smallest absolute Gasteiger partial charge is 0.332 e. The summed E-state index contributed by atoms with van der Waals surface area (Å²) in [5.74, 6) is 0.718. The molecule has 0 saturated carbocycles. The van der Waals surface area contributed by atoms with Gasteiger partial charge in [0, 0.05) is 35.7 Å². The van der Waals surface area contributed by atoms with Crippen molar-refractivity contribution in [2.24, 2.45) is 5.10 Å². The van der Waals surface area contributed by atoms with E-state index in [1.165, 1.54) is 11.8 Å².